The molecule has 0 saturated heterocycles. The largest absolute Gasteiger partial charge is 0.433 e. The summed E-state index contributed by atoms with van der Waals surface area (Å²) in [6.45, 7) is 36.3. The minimum atomic E-state index is -0.607. The van der Waals surface area contributed by atoms with Crippen LogP contribution < -0.4 is 0 Å². The molecule has 0 atom stereocenters. The SMILES string of the molecule is CC.CC.CC.CC.CC.CC.Cc1c(F)oc2occc12.Cc1cc2c(C)c(F)oc2o1.Cc1cc2cc(F)oc2o1.Cc1coc2oc(F)c(C)c12.Cc1coc2oc(F)cc12.Fc1cc2ccoc2o1. The molecular formula is C55H68F6O12. The number of hydrogen-bond acceptors (Lipinski definition) is 12. The summed E-state index contributed by atoms with van der Waals surface area (Å²) in [6.07, 6.45) is 6.02. The molecule has 12 nitrogen and oxygen atoms in total. The van der Waals surface area contributed by atoms with Crippen LogP contribution in [0.3, 0.4) is 0 Å². The second-order valence-electron chi connectivity index (χ2n) is 13.3. The molecule has 0 fully saturated rings. The molecule has 0 aliphatic heterocycles. The highest BCUT2D eigenvalue weighted by atomic mass is 19.2. The van der Waals surface area contributed by atoms with Crippen molar-refractivity contribution in [1.82, 2.24) is 0 Å². The van der Waals surface area contributed by atoms with Gasteiger partial charge in [0.2, 0.25) is 0 Å². The predicted octanol–water partition coefficient (Wildman–Crippen LogP) is 21.3. The van der Waals surface area contributed by atoms with Gasteiger partial charge in [0.05, 0.1) is 57.4 Å². The van der Waals surface area contributed by atoms with Crippen molar-refractivity contribution in [1.29, 1.82) is 0 Å². The van der Waals surface area contributed by atoms with Crippen molar-refractivity contribution in [3.05, 3.63) is 143 Å². The van der Waals surface area contributed by atoms with Gasteiger partial charge in [0, 0.05) is 34.9 Å². The Balaban J connectivity index is 0.000000420. The molecule has 0 spiro atoms. The molecule has 0 bridgehead atoms. The zero-order valence-electron chi connectivity index (χ0n) is 45.0. The van der Waals surface area contributed by atoms with E-state index in [0.29, 0.717) is 38.2 Å². The molecule has 0 aromatic carbocycles. The molecule has 12 aromatic heterocycles. The lowest BCUT2D eigenvalue weighted by molar-refractivity contribution is 0.338. The Morgan fingerprint density at radius 1 is 0.315 bits per heavy atom. The van der Waals surface area contributed by atoms with E-state index >= 15 is 0 Å². The molecule has 0 radical (unpaired) electrons. The Labute approximate surface area is 419 Å². The highest BCUT2D eigenvalue weighted by Gasteiger charge is 2.16. The summed E-state index contributed by atoms with van der Waals surface area (Å²) in [5, 5.41) is 4.22. The lowest BCUT2D eigenvalue weighted by Crippen LogP contribution is -1.72. The molecule has 12 heterocycles. The van der Waals surface area contributed by atoms with Gasteiger partial charge in [0.15, 0.2) is 0 Å². The van der Waals surface area contributed by atoms with Gasteiger partial charge in [0.1, 0.15) is 11.5 Å². The van der Waals surface area contributed by atoms with Crippen LogP contribution in [0.15, 0.2) is 121 Å². The van der Waals surface area contributed by atoms with Crippen LogP contribution in [0, 0.1) is 84.6 Å². The average molecular weight is 1040 g/mol. The number of hydrogen-bond donors (Lipinski definition) is 0. The second-order valence-corrected chi connectivity index (χ2v) is 13.3. The third-order valence-electron chi connectivity index (χ3n) is 8.87. The standard InChI is InChI=1S/2C8H7FO2.3C7H5FO2.C6H3FO2.6C2H6/c1-4-3-10-8-6(4)5(2)7(9)11-8;1-4-3-6-5(2)7(9)11-8(6)10-4;1-4-3-9-7-5(4)2-6(8)10-7;1-4-2-5-3-6(8)10-7(5)9-4;1-4-5-2-3-9-7(5)10-6(4)8;7-5-3-4-1-2-8-6(4)9-5;6*1-2/h2*3H,1-2H3;3*2-3H,1H3;1-3H;6*1-2H3. The van der Waals surface area contributed by atoms with Crippen LogP contribution in [0.25, 0.3) is 67.0 Å². The number of furan rings is 12. The monoisotopic (exact) mass is 1030 g/mol. The fraction of sp³-hybridized carbons (Fsp3) is 0.345. The van der Waals surface area contributed by atoms with E-state index in [9.17, 15) is 26.3 Å². The van der Waals surface area contributed by atoms with E-state index in [4.69, 9.17) is 26.5 Å². The third kappa shape index (κ3) is 16.8. The van der Waals surface area contributed by atoms with E-state index in [1.807, 2.05) is 96.9 Å². The topological polar surface area (TPSA) is 158 Å². The molecule has 0 N–H and O–H groups in total. The van der Waals surface area contributed by atoms with E-state index in [-0.39, 0.29) is 34.7 Å². The van der Waals surface area contributed by atoms with E-state index in [1.165, 1.54) is 37.0 Å². The molecule has 18 heteroatoms. The lowest BCUT2D eigenvalue weighted by atomic mass is 10.2. The zero-order valence-corrected chi connectivity index (χ0v) is 45.0. The quantitative estimate of drug-likeness (QED) is 0.133. The molecule has 73 heavy (non-hydrogen) atoms. The van der Waals surface area contributed by atoms with Gasteiger partial charge in [-0.3, -0.25) is 0 Å². The van der Waals surface area contributed by atoms with Crippen LogP contribution in [0.5, 0.6) is 0 Å². The molecule has 12 rings (SSSR count). The first-order valence-corrected chi connectivity index (χ1v) is 23.9. The highest BCUT2D eigenvalue weighted by Crippen LogP contribution is 2.29. The number of rotatable bonds is 0. The summed E-state index contributed by atoms with van der Waals surface area (Å²) in [5.41, 5.74) is 3.33. The van der Waals surface area contributed by atoms with Gasteiger partial charge in [-0.2, -0.15) is 26.3 Å². The minimum absolute atomic E-state index is 0.243. The fourth-order valence-electron chi connectivity index (χ4n) is 5.79. The molecule has 0 saturated carbocycles. The van der Waals surface area contributed by atoms with Crippen LogP contribution in [-0.4, -0.2) is 0 Å². The van der Waals surface area contributed by atoms with Crippen molar-refractivity contribution >= 4 is 67.0 Å². The minimum Gasteiger partial charge on any atom is -0.433 e. The molecule has 402 valence electrons. The number of aryl methyl sites for hydroxylation is 7. The van der Waals surface area contributed by atoms with E-state index in [0.717, 1.165) is 33.4 Å². The molecule has 0 unspecified atom stereocenters. The van der Waals surface area contributed by atoms with Gasteiger partial charge in [-0.25, -0.2) is 0 Å². The van der Waals surface area contributed by atoms with E-state index in [1.54, 1.807) is 65.1 Å². The normalized spacial score (nSPS) is 9.71. The van der Waals surface area contributed by atoms with Crippen molar-refractivity contribution in [2.75, 3.05) is 0 Å². The molecular weight excluding hydrogens is 967 g/mol. The Kier molecular flexibility index (Phi) is 27.6. The molecule has 12 aromatic rings. The summed E-state index contributed by atoms with van der Waals surface area (Å²) in [5.74, 6) is 3.04. The Morgan fingerprint density at radius 2 is 0.740 bits per heavy atom. The summed E-state index contributed by atoms with van der Waals surface area (Å²) in [6, 6.07) is 7.21. The molecule has 0 amide bonds. The first-order valence-electron chi connectivity index (χ1n) is 23.9. The Bertz CT molecular complexity index is 3240. The van der Waals surface area contributed by atoms with Crippen LogP contribution in [0.4, 0.5) is 26.3 Å². The number of halogens is 6. The maximum absolute atomic E-state index is 12.7. The summed E-state index contributed by atoms with van der Waals surface area (Å²) < 4.78 is 132. The maximum Gasteiger partial charge on any atom is 0.300 e. The Morgan fingerprint density at radius 3 is 1.29 bits per heavy atom. The van der Waals surface area contributed by atoms with Crippen molar-refractivity contribution in [2.45, 2.75) is 132 Å². The van der Waals surface area contributed by atoms with Crippen LogP contribution in [0.1, 0.15) is 122 Å². The second kappa shape index (κ2) is 31.8. The van der Waals surface area contributed by atoms with E-state index in [2.05, 4.69) is 26.5 Å². The number of fused-ring (bicyclic) bond motifs is 6. The van der Waals surface area contributed by atoms with Gasteiger partial charge < -0.3 is 53.0 Å². The van der Waals surface area contributed by atoms with Gasteiger partial charge in [0.25, 0.3) is 70.8 Å². The smallest absolute Gasteiger partial charge is 0.300 e. The van der Waals surface area contributed by atoms with Gasteiger partial charge in [-0.1, -0.05) is 83.1 Å². The fourth-order valence-corrected chi connectivity index (χ4v) is 5.79. The summed E-state index contributed by atoms with van der Waals surface area (Å²) in [7, 11) is 0. The summed E-state index contributed by atoms with van der Waals surface area (Å²) in [4.78, 5) is 0. The maximum atomic E-state index is 12.7. The molecule has 0 aliphatic rings. The van der Waals surface area contributed by atoms with Gasteiger partial charge in [-0.15, -0.1) is 0 Å². The third-order valence-corrected chi connectivity index (χ3v) is 8.87. The van der Waals surface area contributed by atoms with Crippen molar-refractivity contribution in [2.24, 2.45) is 0 Å². The van der Waals surface area contributed by atoms with Gasteiger partial charge in [-0.05, 0) is 83.9 Å². The van der Waals surface area contributed by atoms with Crippen LogP contribution in [-0.2, 0) is 0 Å². The Hall–Kier alpha value is -7.50. The first kappa shape index (κ1) is 63.5. The van der Waals surface area contributed by atoms with E-state index < -0.39 is 36.1 Å². The first-order chi connectivity index (χ1) is 35.1. The van der Waals surface area contributed by atoms with Crippen LogP contribution in [0.2, 0.25) is 0 Å². The zero-order chi connectivity index (χ0) is 55.7. The van der Waals surface area contributed by atoms with Gasteiger partial charge >= 0.3 is 0 Å². The average Bonchev–Trinajstić information content (AvgIpc) is 4.26. The highest BCUT2D eigenvalue weighted by molar-refractivity contribution is 5.80. The lowest BCUT2D eigenvalue weighted by Gasteiger charge is -1.82. The summed E-state index contributed by atoms with van der Waals surface area (Å²) >= 11 is 0. The van der Waals surface area contributed by atoms with Crippen molar-refractivity contribution in [3.63, 3.8) is 0 Å². The molecule has 0 aliphatic carbocycles. The van der Waals surface area contributed by atoms with Crippen LogP contribution >= 0.6 is 0 Å². The van der Waals surface area contributed by atoms with Crippen molar-refractivity contribution in [3.8, 4) is 0 Å². The predicted molar refractivity (Wildman–Crippen MR) is 272 cm³/mol. The van der Waals surface area contributed by atoms with Crippen molar-refractivity contribution < 1.29 is 79.3 Å².